The van der Waals surface area contributed by atoms with E-state index in [2.05, 4.69) is 15.2 Å². The van der Waals surface area contributed by atoms with Crippen LogP contribution in [0.4, 0.5) is 14.3 Å². The summed E-state index contributed by atoms with van der Waals surface area (Å²) in [4.78, 5) is 77.1. The zero-order chi connectivity index (χ0) is 40.3. The van der Waals surface area contributed by atoms with E-state index in [4.69, 9.17) is 32.8 Å². The van der Waals surface area contributed by atoms with Crippen LogP contribution in [0.2, 0.25) is 0 Å². The SMILES string of the molecule is CC(=O)OC[C@H]1O[C@@H](n2cc(CCCCC(=O)c3c(OB(F)F)c4cc5c6c(c4oc3=O)CCCN6CCC5)nn2)[C@H](OC(C)=O)[C@@H](OC(C)=O)[C@@H]1OC(C)=O. The van der Waals surface area contributed by atoms with Crippen molar-refractivity contribution in [1.29, 1.82) is 0 Å². The minimum atomic E-state index is -3.29. The van der Waals surface area contributed by atoms with Crippen LogP contribution in [-0.4, -0.2) is 96.2 Å². The molecule has 300 valence electrons. The van der Waals surface area contributed by atoms with Gasteiger partial charge in [0.25, 0.3) is 0 Å². The van der Waals surface area contributed by atoms with Crippen LogP contribution in [0, 0.1) is 0 Å². The minimum absolute atomic E-state index is 0.160. The number of nitrogens with zero attached hydrogens (tertiary/aromatic N) is 4. The molecule has 6 rings (SSSR count). The third-order valence-corrected chi connectivity index (χ3v) is 9.70. The average molecular weight is 787 g/mol. The van der Waals surface area contributed by atoms with Crippen molar-refractivity contribution >= 4 is 53.8 Å². The number of halogens is 2. The maximum absolute atomic E-state index is 13.8. The first kappa shape index (κ1) is 40.3. The normalized spacial score (nSPS) is 21.5. The molecule has 5 atom stereocenters. The highest BCUT2D eigenvalue weighted by Gasteiger charge is 2.53. The van der Waals surface area contributed by atoms with Crippen LogP contribution in [0.15, 0.2) is 21.5 Å². The van der Waals surface area contributed by atoms with Gasteiger partial charge in [0.15, 0.2) is 30.3 Å². The second-order valence-corrected chi connectivity index (χ2v) is 13.8. The number of Topliss-reactive ketones (excluding diaryl/α,β-unsaturated/α-hetero) is 1. The summed E-state index contributed by atoms with van der Waals surface area (Å²) in [5.74, 6) is -4.22. The number of hydrogen-bond donors (Lipinski definition) is 0. The molecule has 0 radical (unpaired) electrons. The Hall–Kier alpha value is -5.40. The predicted molar refractivity (Wildman–Crippen MR) is 189 cm³/mol. The molecule has 1 fully saturated rings. The molecule has 2 aromatic heterocycles. The molecular weight excluding hydrogens is 745 g/mol. The van der Waals surface area contributed by atoms with Crippen LogP contribution in [0.5, 0.6) is 5.75 Å². The van der Waals surface area contributed by atoms with Crippen LogP contribution >= 0.6 is 0 Å². The third-order valence-electron chi connectivity index (χ3n) is 9.70. The van der Waals surface area contributed by atoms with E-state index < -0.39 is 91.3 Å². The number of ether oxygens (including phenoxy) is 5. The molecule has 3 aliphatic rings. The van der Waals surface area contributed by atoms with Gasteiger partial charge in [-0.3, -0.25) is 24.0 Å². The molecule has 0 saturated carbocycles. The van der Waals surface area contributed by atoms with Gasteiger partial charge in [-0.2, -0.15) is 0 Å². The van der Waals surface area contributed by atoms with Gasteiger partial charge in [-0.1, -0.05) is 5.21 Å². The van der Waals surface area contributed by atoms with Crippen molar-refractivity contribution in [3.05, 3.63) is 45.1 Å². The summed E-state index contributed by atoms with van der Waals surface area (Å²) in [5, 5.41) is 8.42. The number of esters is 4. The molecule has 20 heteroatoms. The second-order valence-electron chi connectivity index (χ2n) is 13.8. The zero-order valence-corrected chi connectivity index (χ0v) is 31.2. The fraction of sp³-hybridized carbons (Fsp3) is 0.556. The van der Waals surface area contributed by atoms with Gasteiger partial charge in [0.2, 0.25) is 0 Å². The quantitative estimate of drug-likeness (QED) is 0.0575. The molecule has 0 N–H and O–H groups in total. The van der Waals surface area contributed by atoms with Gasteiger partial charge >= 0.3 is 37.0 Å². The fourth-order valence-corrected chi connectivity index (χ4v) is 7.63. The molecule has 0 amide bonds. The summed E-state index contributed by atoms with van der Waals surface area (Å²) < 4.78 is 66.9. The molecule has 0 spiro atoms. The lowest BCUT2D eigenvalue weighted by atomic mass is 9.89. The third kappa shape index (κ3) is 8.84. The van der Waals surface area contributed by atoms with Crippen LogP contribution in [-0.2, 0) is 62.1 Å². The standard InChI is InChI=1S/C36H41BF2N4O13/c1-18(44)50-17-27-32(51-19(2)45)33(52-20(3)46)34(53-21(4)47)35(54-27)43-16-23(40-41-43)10-5-6-12-26(48)28-31(56-37(38)39)25-15-22-9-7-13-42-14-8-11-24(29(22)42)30(25)55-36(28)49/h15-16,27,32-35H,5-14,17H2,1-4H3/t27-,32-,33+,34-,35-/m1/s1. The number of unbranched alkanes of at least 4 members (excludes halogenated alkanes) is 1. The van der Waals surface area contributed by atoms with Crippen molar-refractivity contribution in [3.63, 3.8) is 0 Å². The summed E-state index contributed by atoms with van der Waals surface area (Å²) in [6.45, 7) is 5.76. The molecule has 1 saturated heterocycles. The molecule has 0 bridgehead atoms. The Morgan fingerprint density at radius 1 is 0.911 bits per heavy atom. The smallest absolute Gasteiger partial charge is 0.504 e. The fourth-order valence-electron chi connectivity index (χ4n) is 7.63. The Morgan fingerprint density at radius 3 is 2.27 bits per heavy atom. The number of hydrogen-bond acceptors (Lipinski definition) is 16. The summed E-state index contributed by atoms with van der Waals surface area (Å²) in [6, 6.07) is 1.69. The average Bonchev–Trinajstić information content (AvgIpc) is 3.59. The molecule has 0 aliphatic carbocycles. The molecule has 3 aromatic rings. The Morgan fingerprint density at radius 2 is 1.59 bits per heavy atom. The number of carbonyl (C=O) groups excluding carboxylic acids is 5. The van der Waals surface area contributed by atoms with Gasteiger partial charge < -0.3 is 37.7 Å². The molecule has 0 unspecified atom stereocenters. The lowest BCUT2D eigenvalue weighted by Crippen LogP contribution is -2.60. The summed E-state index contributed by atoms with van der Waals surface area (Å²) >= 11 is 0. The van der Waals surface area contributed by atoms with Crippen molar-refractivity contribution < 1.29 is 65.4 Å². The summed E-state index contributed by atoms with van der Waals surface area (Å²) in [7, 11) is -3.29. The van der Waals surface area contributed by atoms with Crippen LogP contribution in [0.25, 0.3) is 11.0 Å². The van der Waals surface area contributed by atoms with Crippen molar-refractivity contribution in [1.82, 2.24) is 15.0 Å². The van der Waals surface area contributed by atoms with E-state index in [1.54, 1.807) is 6.07 Å². The Kier molecular flexibility index (Phi) is 12.4. The van der Waals surface area contributed by atoms with Gasteiger partial charge in [-0.05, 0) is 56.6 Å². The second kappa shape index (κ2) is 17.2. The summed E-state index contributed by atoms with van der Waals surface area (Å²) in [5.41, 5.74) is 1.60. The minimum Gasteiger partial charge on any atom is -0.504 e. The maximum Gasteiger partial charge on any atom is 0.796 e. The van der Waals surface area contributed by atoms with Gasteiger partial charge in [0, 0.05) is 58.5 Å². The van der Waals surface area contributed by atoms with Crippen molar-refractivity contribution in [3.8, 4) is 5.75 Å². The number of benzene rings is 1. The van der Waals surface area contributed by atoms with E-state index in [-0.39, 0.29) is 30.2 Å². The lowest BCUT2D eigenvalue weighted by molar-refractivity contribution is -0.270. The largest absolute Gasteiger partial charge is 0.796 e. The number of fused-ring (bicyclic) bond motifs is 2. The lowest BCUT2D eigenvalue weighted by Gasteiger charge is -2.44. The molecule has 3 aliphatic heterocycles. The molecule has 17 nitrogen and oxygen atoms in total. The van der Waals surface area contributed by atoms with Crippen LogP contribution < -0.4 is 15.2 Å². The van der Waals surface area contributed by atoms with Crippen molar-refractivity contribution in [2.24, 2.45) is 0 Å². The first-order valence-electron chi connectivity index (χ1n) is 18.3. The Balaban J connectivity index is 1.19. The zero-order valence-electron chi connectivity index (χ0n) is 31.2. The number of ketones is 1. The molecular formula is C36H41BF2N4O13. The van der Waals surface area contributed by atoms with E-state index in [0.29, 0.717) is 25.0 Å². The van der Waals surface area contributed by atoms with Gasteiger partial charge in [-0.15, -0.1) is 5.10 Å². The highest BCUT2D eigenvalue weighted by atomic mass is 19.2. The highest BCUT2D eigenvalue weighted by molar-refractivity contribution is 6.36. The van der Waals surface area contributed by atoms with Crippen molar-refractivity contribution in [2.45, 2.75) is 110 Å². The number of carbonyl (C=O) groups is 5. The summed E-state index contributed by atoms with van der Waals surface area (Å²) in [6.07, 6.45) is -1.62. The Labute approximate surface area is 319 Å². The van der Waals surface area contributed by atoms with E-state index in [1.165, 1.54) is 10.9 Å². The van der Waals surface area contributed by atoms with Gasteiger partial charge in [-0.25, -0.2) is 18.1 Å². The highest BCUT2D eigenvalue weighted by Crippen LogP contribution is 2.43. The maximum atomic E-state index is 13.8. The van der Waals surface area contributed by atoms with E-state index in [0.717, 1.165) is 70.4 Å². The molecule has 56 heavy (non-hydrogen) atoms. The first-order chi connectivity index (χ1) is 26.7. The molecule has 1 aromatic carbocycles. The predicted octanol–water partition coefficient (Wildman–Crippen LogP) is 3.24. The monoisotopic (exact) mass is 786 g/mol. The number of anilines is 1. The van der Waals surface area contributed by atoms with Crippen LogP contribution in [0.1, 0.15) is 93.2 Å². The topological polar surface area (TPSA) is 205 Å². The van der Waals surface area contributed by atoms with E-state index in [9.17, 15) is 37.4 Å². The van der Waals surface area contributed by atoms with Gasteiger partial charge in [0.05, 0.1) is 17.3 Å². The molecule has 5 heterocycles. The number of aromatic nitrogens is 3. The number of rotatable bonds is 14. The van der Waals surface area contributed by atoms with Crippen molar-refractivity contribution in [2.75, 3.05) is 24.6 Å². The Bertz CT molecular complexity index is 2070. The van der Waals surface area contributed by atoms with E-state index in [1.807, 2.05) is 0 Å². The van der Waals surface area contributed by atoms with E-state index >= 15 is 0 Å². The van der Waals surface area contributed by atoms with Gasteiger partial charge in [0.1, 0.15) is 29.6 Å². The first-order valence-corrected chi connectivity index (χ1v) is 18.3. The number of aryl methyl sites for hydroxylation is 3. The van der Waals surface area contributed by atoms with Crippen LogP contribution in [0.3, 0.4) is 0 Å².